The van der Waals surface area contributed by atoms with E-state index in [0.29, 0.717) is 11.3 Å². The Morgan fingerprint density at radius 1 is 1.14 bits per heavy atom. The first-order chi connectivity index (χ1) is 10.7. The van der Waals surface area contributed by atoms with E-state index in [1.807, 2.05) is 6.07 Å². The van der Waals surface area contributed by atoms with Gasteiger partial charge in [0, 0.05) is 30.2 Å². The molecule has 1 heterocycles. The number of nitrogens with zero attached hydrogens (tertiary/aromatic N) is 2. The van der Waals surface area contributed by atoms with E-state index in [0.717, 1.165) is 5.56 Å². The van der Waals surface area contributed by atoms with Crippen LogP contribution in [0.15, 0.2) is 48.8 Å². The molecular weight excluding hydrogens is 280 g/mol. The number of anilines is 1. The van der Waals surface area contributed by atoms with Crippen LogP contribution in [0.1, 0.15) is 22.3 Å². The Hall–Kier alpha value is -3.20. The highest BCUT2D eigenvalue weighted by molar-refractivity contribution is 6.04. The van der Waals surface area contributed by atoms with Gasteiger partial charge in [-0.2, -0.15) is 5.26 Å². The Morgan fingerprint density at radius 2 is 1.86 bits per heavy atom. The third-order valence-corrected chi connectivity index (χ3v) is 2.92. The van der Waals surface area contributed by atoms with Gasteiger partial charge in [0.2, 0.25) is 5.91 Å². The first-order valence-corrected chi connectivity index (χ1v) is 6.63. The van der Waals surface area contributed by atoms with Crippen LogP contribution in [0, 0.1) is 11.3 Å². The average Bonchev–Trinajstić information content (AvgIpc) is 2.55. The Morgan fingerprint density at radius 3 is 2.59 bits per heavy atom. The Balaban J connectivity index is 2.07. The molecule has 0 saturated heterocycles. The summed E-state index contributed by atoms with van der Waals surface area (Å²) in [6.45, 7) is 0.243. The van der Waals surface area contributed by atoms with Crippen LogP contribution in [-0.2, 0) is 11.3 Å². The number of nitrogens with one attached hydrogen (secondary N) is 2. The third kappa shape index (κ3) is 4.15. The van der Waals surface area contributed by atoms with Crippen LogP contribution in [0.2, 0.25) is 0 Å². The molecule has 0 spiro atoms. The summed E-state index contributed by atoms with van der Waals surface area (Å²) in [6, 6.07) is 12.2. The van der Waals surface area contributed by atoms with Crippen LogP contribution in [0.4, 0.5) is 5.69 Å². The number of benzene rings is 1. The molecule has 22 heavy (non-hydrogen) atoms. The van der Waals surface area contributed by atoms with Crippen molar-refractivity contribution >= 4 is 17.5 Å². The summed E-state index contributed by atoms with van der Waals surface area (Å²) in [6.07, 6.45) is 2.90. The minimum absolute atomic E-state index is 0.189. The smallest absolute Gasteiger partial charge is 0.255 e. The van der Waals surface area contributed by atoms with Gasteiger partial charge in [0.1, 0.15) is 6.42 Å². The zero-order valence-corrected chi connectivity index (χ0v) is 11.7. The van der Waals surface area contributed by atoms with Crippen molar-refractivity contribution in [1.82, 2.24) is 10.3 Å². The van der Waals surface area contributed by atoms with Gasteiger partial charge in [-0.05, 0) is 23.8 Å². The van der Waals surface area contributed by atoms with Crippen molar-refractivity contribution in [3.05, 3.63) is 59.9 Å². The molecule has 6 nitrogen and oxygen atoms in total. The fraction of sp³-hybridized carbons (Fsp3) is 0.125. The molecule has 2 amide bonds. The number of hydrogen-bond acceptors (Lipinski definition) is 4. The van der Waals surface area contributed by atoms with Crippen LogP contribution in [0.5, 0.6) is 0 Å². The van der Waals surface area contributed by atoms with Crippen molar-refractivity contribution in [2.45, 2.75) is 13.0 Å². The predicted molar refractivity (Wildman–Crippen MR) is 80.7 cm³/mol. The van der Waals surface area contributed by atoms with Gasteiger partial charge in [-0.25, -0.2) is 0 Å². The predicted octanol–water partition coefficient (Wildman–Crippen LogP) is 1.86. The fourth-order valence-corrected chi connectivity index (χ4v) is 1.82. The highest BCUT2D eigenvalue weighted by Gasteiger charge is 2.09. The van der Waals surface area contributed by atoms with Crippen molar-refractivity contribution < 1.29 is 9.59 Å². The Kier molecular flexibility index (Phi) is 5.21. The molecule has 2 aromatic rings. The summed E-state index contributed by atoms with van der Waals surface area (Å²) in [5.74, 6) is -0.601. The van der Waals surface area contributed by atoms with E-state index in [-0.39, 0.29) is 24.8 Å². The molecule has 0 fully saturated rings. The molecule has 0 unspecified atom stereocenters. The highest BCUT2D eigenvalue weighted by atomic mass is 16.2. The topological polar surface area (TPSA) is 94.9 Å². The SMILES string of the molecule is N#CCC(=O)NCc1ccccc1NC(=O)c1ccncc1. The van der Waals surface area contributed by atoms with Gasteiger partial charge in [-0.1, -0.05) is 18.2 Å². The molecule has 2 rings (SSSR count). The zero-order valence-electron chi connectivity index (χ0n) is 11.7. The second-order valence-corrected chi connectivity index (χ2v) is 4.46. The lowest BCUT2D eigenvalue weighted by atomic mass is 10.1. The van der Waals surface area contributed by atoms with Gasteiger partial charge in [0.15, 0.2) is 0 Å². The molecule has 0 radical (unpaired) electrons. The van der Waals surface area contributed by atoms with Gasteiger partial charge in [0.05, 0.1) is 6.07 Å². The summed E-state index contributed by atoms with van der Waals surface area (Å²) >= 11 is 0. The van der Waals surface area contributed by atoms with Crippen LogP contribution < -0.4 is 10.6 Å². The largest absolute Gasteiger partial charge is 0.351 e. The summed E-state index contributed by atoms with van der Waals surface area (Å²) in [4.78, 5) is 27.3. The lowest BCUT2D eigenvalue weighted by Gasteiger charge is -2.11. The van der Waals surface area contributed by atoms with Crippen molar-refractivity contribution in [1.29, 1.82) is 5.26 Å². The molecule has 110 valence electrons. The Labute approximate surface area is 127 Å². The van der Waals surface area contributed by atoms with E-state index in [1.165, 1.54) is 0 Å². The van der Waals surface area contributed by atoms with Crippen molar-refractivity contribution in [3.63, 3.8) is 0 Å². The normalized spacial score (nSPS) is 9.59. The number of nitriles is 1. The van der Waals surface area contributed by atoms with Crippen LogP contribution in [-0.4, -0.2) is 16.8 Å². The van der Waals surface area contributed by atoms with E-state index in [4.69, 9.17) is 5.26 Å². The number of carbonyl (C=O) groups is 2. The monoisotopic (exact) mass is 294 g/mol. The van der Waals surface area contributed by atoms with E-state index < -0.39 is 0 Å². The molecule has 0 aliphatic heterocycles. The van der Waals surface area contributed by atoms with Crippen molar-refractivity contribution in [2.24, 2.45) is 0 Å². The maximum Gasteiger partial charge on any atom is 0.255 e. The molecule has 0 bridgehead atoms. The molecule has 1 aromatic carbocycles. The summed E-state index contributed by atoms with van der Waals surface area (Å²) in [5.41, 5.74) is 1.87. The number of pyridine rings is 1. The van der Waals surface area contributed by atoms with Crippen LogP contribution >= 0.6 is 0 Å². The van der Waals surface area contributed by atoms with Gasteiger partial charge >= 0.3 is 0 Å². The molecule has 0 aliphatic rings. The molecular formula is C16H14N4O2. The van der Waals surface area contributed by atoms with Gasteiger partial charge in [-0.15, -0.1) is 0 Å². The number of aromatic nitrogens is 1. The number of rotatable bonds is 5. The van der Waals surface area contributed by atoms with E-state index in [1.54, 1.807) is 48.8 Å². The number of para-hydroxylation sites is 1. The molecule has 2 N–H and O–H groups in total. The molecule has 0 atom stereocenters. The fourth-order valence-electron chi connectivity index (χ4n) is 1.82. The zero-order chi connectivity index (χ0) is 15.8. The number of hydrogen-bond donors (Lipinski definition) is 2. The lowest BCUT2D eigenvalue weighted by Crippen LogP contribution is -2.23. The quantitative estimate of drug-likeness (QED) is 0.880. The molecule has 6 heteroatoms. The third-order valence-electron chi connectivity index (χ3n) is 2.92. The van der Waals surface area contributed by atoms with Crippen molar-refractivity contribution in [2.75, 3.05) is 5.32 Å². The number of carbonyl (C=O) groups excluding carboxylic acids is 2. The summed E-state index contributed by atoms with van der Waals surface area (Å²) in [5, 5.41) is 13.9. The minimum Gasteiger partial charge on any atom is -0.351 e. The lowest BCUT2D eigenvalue weighted by molar-refractivity contribution is -0.120. The maximum absolute atomic E-state index is 12.1. The van der Waals surface area contributed by atoms with E-state index in [9.17, 15) is 9.59 Å². The van der Waals surface area contributed by atoms with Gasteiger partial charge < -0.3 is 10.6 Å². The standard InChI is InChI=1S/C16H14N4O2/c17-8-5-15(21)19-11-13-3-1-2-4-14(13)20-16(22)12-6-9-18-10-7-12/h1-4,6-7,9-10H,5,11H2,(H,19,21)(H,20,22). The summed E-state index contributed by atoms with van der Waals surface area (Å²) in [7, 11) is 0. The number of amides is 2. The molecule has 0 saturated carbocycles. The maximum atomic E-state index is 12.1. The van der Waals surface area contributed by atoms with Crippen LogP contribution in [0.25, 0.3) is 0 Å². The average molecular weight is 294 g/mol. The summed E-state index contributed by atoms with van der Waals surface area (Å²) < 4.78 is 0. The van der Waals surface area contributed by atoms with Gasteiger partial charge in [-0.3, -0.25) is 14.6 Å². The van der Waals surface area contributed by atoms with Crippen LogP contribution in [0.3, 0.4) is 0 Å². The second kappa shape index (κ2) is 7.55. The molecule has 0 aliphatic carbocycles. The first-order valence-electron chi connectivity index (χ1n) is 6.63. The highest BCUT2D eigenvalue weighted by Crippen LogP contribution is 2.16. The van der Waals surface area contributed by atoms with E-state index in [2.05, 4.69) is 15.6 Å². The Bertz CT molecular complexity index is 708. The molecule has 1 aromatic heterocycles. The van der Waals surface area contributed by atoms with Crippen molar-refractivity contribution in [3.8, 4) is 6.07 Å². The van der Waals surface area contributed by atoms with E-state index >= 15 is 0 Å². The van der Waals surface area contributed by atoms with Gasteiger partial charge in [0.25, 0.3) is 5.91 Å². The second-order valence-electron chi connectivity index (χ2n) is 4.46. The minimum atomic E-state index is -0.349. The first kappa shape index (κ1) is 15.2.